The summed E-state index contributed by atoms with van der Waals surface area (Å²) in [5, 5.41) is 3.64. The Bertz CT molecular complexity index is 378. The highest BCUT2D eigenvalue weighted by molar-refractivity contribution is 5.30. The number of aryl methyl sites for hydroxylation is 2. The van der Waals surface area contributed by atoms with Crippen LogP contribution < -0.4 is 5.32 Å². The molecule has 0 saturated heterocycles. The van der Waals surface area contributed by atoms with Crippen molar-refractivity contribution in [1.29, 1.82) is 0 Å². The van der Waals surface area contributed by atoms with E-state index in [1.54, 1.807) is 0 Å². The van der Waals surface area contributed by atoms with E-state index in [1.165, 1.54) is 29.7 Å². The topological polar surface area (TPSA) is 15.3 Å². The maximum Gasteiger partial charge on any atom is 0.0332 e. The van der Waals surface area contributed by atoms with Gasteiger partial charge in [0.1, 0.15) is 0 Å². The smallest absolute Gasteiger partial charge is 0.0332 e. The number of rotatable bonds is 8. The zero-order valence-electron chi connectivity index (χ0n) is 14.2. The Balaban J connectivity index is 2.68. The average molecular weight is 276 g/mol. The Morgan fingerprint density at radius 2 is 1.70 bits per heavy atom. The van der Waals surface area contributed by atoms with Crippen molar-refractivity contribution in [1.82, 2.24) is 10.2 Å². The van der Waals surface area contributed by atoms with Gasteiger partial charge in [0.25, 0.3) is 0 Å². The Morgan fingerprint density at radius 1 is 1.10 bits per heavy atom. The molecular formula is C18H32N2. The van der Waals surface area contributed by atoms with Crippen molar-refractivity contribution in [2.24, 2.45) is 5.92 Å². The van der Waals surface area contributed by atoms with Crippen LogP contribution in [0, 0.1) is 19.8 Å². The van der Waals surface area contributed by atoms with Crippen LogP contribution in [0.5, 0.6) is 0 Å². The van der Waals surface area contributed by atoms with E-state index in [-0.39, 0.29) is 0 Å². The number of nitrogens with one attached hydrogen (secondary N) is 1. The fourth-order valence-corrected chi connectivity index (χ4v) is 2.91. The van der Waals surface area contributed by atoms with Crippen LogP contribution >= 0.6 is 0 Å². The van der Waals surface area contributed by atoms with Gasteiger partial charge in [-0.15, -0.1) is 0 Å². The molecule has 0 spiro atoms. The minimum atomic E-state index is 0.466. The molecule has 0 amide bonds. The largest absolute Gasteiger partial charge is 0.310 e. The van der Waals surface area contributed by atoms with Crippen LogP contribution in [0.4, 0.5) is 0 Å². The molecule has 0 fully saturated rings. The maximum absolute atomic E-state index is 3.64. The molecule has 1 aromatic rings. The van der Waals surface area contributed by atoms with Crippen molar-refractivity contribution in [3.8, 4) is 0 Å². The first-order valence-corrected chi connectivity index (χ1v) is 7.92. The molecule has 1 aromatic carbocycles. The van der Waals surface area contributed by atoms with Crippen LogP contribution in [0.2, 0.25) is 0 Å². The normalized spacial score (nSPS) is 13.2. The van der Waals surface area contributed by atoms with Gasteiger partial charge >= 0.3 is 0 Å². The predicted octanol–water partition coefficient (Wildman–Crippen LogP) is 3.93. The van der Waals surface area contributed by atoms with Gasteiger partial charge in [0.2, 0.25) is 0 Å². The minimum absolute atomic E-state index is 0.466. The summed E-state index contributed by atoms with van der Waals surface area (Å²) in [6.07, 6.45) is 1.17. The monoisotopic (exact) mass is 276 g/mol. The van der Waals surface area contributed by atoms with E-state index in [0.29, 0.717) is 6.04 Å². The number of hydrogen-bond donors (Lipinski definition) is 1. The summed E-state index contributed by atoms with van der Waals surface area (Å²) in [6, 6.07) is 7.36. The van der Waals surface area contributed by atoms with Gasteiger partial charge in [0, 0.05) is 12.6 Å². The van der Waals surface area contributed by atoms with E-state index in [4.69, 9.17) is 0 Å². The van der Waals surface area contributed by atoms with Gasteiger partial charge in [-0.3, -0.25) is 0 Å². The highest BCUT2D eigenvalue weighted by Crippen LogP contribution is 2.20. The van der Waals surface area contributed by atoms with Gasteiger partial charge in [0.05, 0.1) is 0 Å². The maximum atomic E-state index is 3.64. The standard InChI is InChI=1S/C18H32N2/c1-7-19-18(8-9-20(6)13-14(2)3)17-11-15(4)10-16(5)12-17/h10-12,14,18-19H,7-9,13H2,1-6H3. The van der Waals surface area contributed by atoms with Crippen LogP contribution in [0.1, 0.15) is 49.9 Å². The van der Waals surface area contributed by atoms with E-state index < -0.39 is 0 Å². The second-order valence-corrected chi connectivity index (χ2v) is 6.48. The fourth-order valence-electron chi connectivity index (χ4n) is 2.91. The van der Waals surface area contributed by atoms with Crippen molar-refractivity contribution in [3.63, 3.8) is 0 Å². The number of benzene rings is 1. The molecule has 1 unspecified atom stereocenters. The molecule has 0 heterocycles. The molecule has 0 bridgehead atoms. The Morgan fingerprint density at radius 3 is 2.20 bits per heavy atom. The van der Waals surface area contributed by atoms with Gasteiger partial charge in [-0.05, 0) is 51.9 Å². The second kappa shape index (κ2) is 8.43. The molecule has 114 valence electrons. The van der Waals surface area contributed by atoms with Gasteiger partial charge < -0.3 is 10.2 Å². The van der Waals surface area contributed by atoms with Crippen molar-refractivity contribution in [3.05, 3.63) is 34.9 Å². The summed E-state index contributed by atoms with van der Waals surface area (Å²) < 4.78 is 0. The van der Waals surface area contributed by atoms with Gasteiger partial charge in [-0.1, -0.05) is 50.1 Å². The van der Waals surface area contributed by atoms with E-state index in [1.807, 2.05) is 0 Å². The summed E-state index contributed by atoms with van der Waals surface area (Å²) in [5.74, 6) is 0.735. The van der Waals surface area contributed by atoms with Crippen LogP contribution in [0.15, 0.2) is 18.2 Å². The summed E-state index contributed by atoms with van der Waals surface area (Å²) >= 11 is 0. The van der Waals surface area contributed by atoms with Crippen LogP contribution in [-0.4, -0.2) is 31.6 Å². The predicted molar refractivity (Wildman–Crippen MR) is 89.3 cm³/mol. The van der Waals surface area contributed by atoms with Crippen LogP contribution in [0.25, 0.3) is 0 Å². The van der Waals surface area contributed by atoms with Crippen LogP contribution in [0.3, 0.4) is 0 Å². The molecule has 1 N–H and O–H groups in total. The van der Waals surface area contributed by atoms with Crippen molar-refractivity contribution in [2.45, 2.75) is 47.1 Å². The molecule has 20 heavy (non-hydrogen) atoms. The molecule has 2 nitrogen and oxygen atoms in total. The molecule has 0 aliphatic heterocycles. The van der Waals surface area contributed by atoms with E-state index >= 15 is 0 Å². The van der Waals surface area contributed by atoms with Gasteiger partial charge in [0.15, 0.2) is 0 Å². The molecule has 0 aliphatic rings. The molecule has 0 aromatic heterocycles. The van der Waals surface area contributed by atoms with E-state index in [9.17, 15) is 0 Å². The lowest BCUT2D eigenvalue weighted by atomic mass is 9.98. The highest BCUT2D eigenvalue weighted by atomic mass is 15.1. The molecular weight excluding hydrogens is 244 g/mol. The third-order valence-corrected chi connectivity index (χ3v) is 3.57. The van der Waals surface area contributed by atoms with E-state index in [2.05, 4.69) is 70.1 Å². The average Bonchev–Trinajstić information content (AvgIpc) is 2.32. The first kappa shape index (κ1) is 17.2. The third kappa shape index (κ3) is 6.06. The summed E-state index contributed by atoms with van der Waals surface area (Å²) in [7, 11) is 2.23. The Hall–Kier alpha value is -0.860. The van der Waals surface area contributed by atoms with Crippen LogP contribution in [-0.2, 0) is 0 Å². The fraction of sp³-hybridized carbons (Fsp3) is 0.667. The lowest BCUT2D eigenvalue weighted by Crippen LogP contribution is -2.29. The Kier molecular flexibility index (Phi) is 7.25. The van der Waals surface area contributed by atoms with E-state index in [0.717, 1.165) is 19.0 Å². The summed E-state index contributed by atoms with van der Waals surface area (Å²) in [4.78, 5) is 2.44. The molecule has 0 saturated carbocycles. The molecule has 1 atom stereocenters. The molecule has 2 heteroatoms. The lowest BCUT2D eigenvalue weighted by Gasteiger charge is -2.24. The first-order valence-electron chi connectivity index (χ1n) is 7.92. The second-order valence-electron chi connectivity index (χ2n) is 6.48. The van der Waals surface area contributed by atoms with Crippen molar-refractivity contribution < 1.29 is 0 Å². The zero-order valence-corrected chi connectivity index (χ0v) is 14.2. The van der Waals surface area contributed by atoms with Gasteiger partial charge in [-0.25, -0.2) is 0 Å². The molecule has 1 rings (SSSR count). The highest BCUT2D eigenvalue weighted by Gasteiger charge is 2.12. The first-order chi connectivity index (χ1) is 9.42. The Labute approximate surface area is 125 Å². The van der Waals surface area contributed by atoms with Gasteiger partial charge in [-0.2, -0.15) is 0 Å². The third-order valence-electron chi connectivity index (χ3n) is 3.57. The number of hydrogen-bond acceptors (Lipinski definition) is 2. The SMILES string of the molecule is CCNC(CCN(C)CC(C)C)c1cc(C)cc(C)c1. The summed E-state index contributed by atoms with van der Waals surface area (Å²) in [6.45, 7) is 14.5. The quantitative estimate of drug-likeness (QED) is 0.774. The summed E-state index contributed by atoms with van der Waals surface area (Å²) in [5.41, 5.74) is 4.15. The molecule has 0 aliphatic carbocycles. The zero-order chi connectivity index (χ0) is 15.1. The lowest BCUT2D eigenvalue weighted by molar-refractivity contribution is 0.277. The number of nitrogens with zero attached hydrogens (tertiary/aromatic N) is 1. The van der Waals surface area contributed by atoms with Crippen molar-refractivity contribution in [2.75, 3.05) is 26.7 Å². The molecule has 0 radical (unpaired) electrons. The van der Waals surface area contributed by atoms with Crippen molar-refractivity contribution >= 4 is 0 Å². The minimum Gasteiger partial charge on any atom is -0.310 e.